The number of nitrogens with zero attached hydrogens (tertiary/aromatic N) is 3. The van der Waals surface area contributed by atoms with Gasteiger partial charge in [-0.1, -0.05) is 18.6 Å². The van der Waals surface area contributed by atoms with Crippen LogP contribution in [0, 0.1) is 6.92 Å². The summed E-state index contributed by atoms with van der Waals surface area (Å²) in [5.74, 6) is 0. The number of fused-ring (bicyclic) bond motifs is 1. The van der Waals surface area contributed by atoms with Crippen molar-refractivity contribution in [2.75, 3.05) is 13.6 Å². The van der Waals surface area contributed by atoms with E-state index in [0.29, 0.717) is 0 Å². The van der Waals surface area contributed by atoms with E-state index in [1.807, 2.05) is 4.52 Å². The molecule has 2 aromatic heterocycles. The summed E-state index contributed by atoms with van der Waals surface area (Å²) in [5.41, 5.74) is 7.52. The Kier molecular flexibility index (Phi) is 4.76. The highest BCUT2D eigenvalue weighted by Gasteiger charge is 2.28. The van der Waals surface area contributed by atoms with Gasteiger partial charge in [0.05, 0.1) is 17.3 Å². The maximum absolute atomic E-state index is 4.88. The van der Waals surface area contributed by atoms with E-state index in [1.165, 1.54) is 22.5 Å². The first-order chi connectivity index (χ1) is 11.5. The molecule has 0 aliphatic carbocycles. The Bertz CT molecular complexity index is 797. The summed E-state index contributed by atoms with van der Waals surface area (Å²) < 4.78 is 2.04. The van der Waals surface area contributed by atoms with Crippen LogP contribution in [0.4, 0.5) is 0 Å². The lowest BCUT2D eigenvalue weighted by Crippen LogP contribution is -2.34. The van der Waals surface area contributed by atoms with Gasteiger partial charge in [0.2, 0.25) is 0 Å². The Morgan fingerprint density at radius 3 is 2.88 bits per heavy atom. The predicted molar refractivity (Wildman–Crippen MR) is 99.8 cm³/mol. The van der Waals surface area contributed by atoms with Gasteiger partial charge in [0.15, 0.2) is 0 Å². The fraction of sp³-hybridized carbons (Fsp3) is 0.450. The average Bonchev–Trinajstić information content (AvgIpc) is 2.99. The Balaban J connectivity index is 1.98. The van der Waals surface area contributed by atoms with Crippen molar-refractivity contribution in [2.24, 2.45) is 0 Å². The van der Waals surface area contributed by atoms with E-state index in [-0.39, 0.29) is 6.04 Å². The molecular weight excluding hydrogens is 296 g/mol. The molecule has 1 atom stereocenters. The molecule has 0 saturated carbocycles. The maximum Gasteiger partial charge on any atom is 0.0849 e. The molecule has 0 saturated heterocycles. The zero-order valence-electron chi connectivity index (χ0n) is 15.4. The summed E-state index contributed by atoms with van der Waals surface area (Å²) in [4.78, 5) is 2.40. The normalized spacial score (nSPS) is 20.0. The molecule has 1 unspecified atom stereocenters. The highest BCUT2D eigenvalue weighted by molar-refractivity contribution is 5.50. The fourth-order valence-electron chi connectivity index (χ4n) is 3.36. The van der Waals surface area contributed by atoms with Crippen molar-refractivity contribution in [3.63, 3.8) is 0 Å². The summed E-state index contributed by atoms with van der Waals surface area (Å²) in [6.45, 7) is 9.72. The molecule has 0 fully saturated rings. The summed E-state index contributed by atoms with van der Waals surface area (Å²) in [7, 11) is 2.19. The van der Waals surface area contributed by atoms with Crippen LogP contribution in [0.5, 0.6) is 0 Å². The standard InChI is InChI=1S/C20H28N4/c1-6-14(2)13-21-18-10-11-23(5)20(16(18)4)19-12-17-9-7-8-15(3)24(17)22-19/h7-9,12-13,20-21H,6,10-11H2,1-5H3. The average molecular weight is 324 g/mol. The van der Waals surface area contributed by atoms with Gasteiger partial charge in [-0.25, -0.2) is 4.52 Å². The molecule has 2 aromatic rings. The third kappa shape index (κ3) is 3.11. The number of hydrogen-bond donors (Lipinski definition) is 1. The molecular formula is C20H28N4. The Morgan fingerprint density at radius 2 is 2.17 bits per heavy atom. The lowest BCUT2D eigenvalue weighted by atomic mass is 9.96. The third-order valence-corrected chi connectivity index (χ3v) is 5.07. The Labute approximate surface area is 144 Å². The second-order valence-corrected chi connectivity index (χ2v) is 6.86. The molecule has 0 amide bonds. The third-order valence-electron chi connectivity index (χ3n) is 5.07. The van der Waals surface area contributed by atoms with Crippen molar-refractivity contribution in [3.8, 4) is 0 Å². The molecule has 3 rings (SSSR count). The van der Waals surface area contributed by atoms with Crippen molar-refractivity contribution < 1.29 is 0 Å². The second kappa shape index (κ2) is 6.81. The molecule has 24 heavy (non-hydrogen) atoms. The molecule has 1 N–H and O–H groups in total. The summed E-state index contributed by atoms with van der Waals surface area (Å²) in [6, 6.07) is 8.76. The van der Waals surface area contributed by atoms with Crippen LogP contribution in [-0.2, 0) is 0 Å². The SMILES string of the molecule is CCC(C)=CNC1=C(C)C(c2cc3cccc(C)n3n2)N(C)CC1. The fourth-order valence-corrected chi connectivity index (χ4v) is 3.36. The Hall–Kier alpha value is -2.07. The quantitative estimate of drug-likeness (QED) is 0.915. The summed E-state index contributed by atoms with van der Waals surface area (Å²) in [5, 5.41) is 8.42. The minimum atomic E-state index is 0.232. The van der Waals surface area contributed by atoms with Gasteiger partial charge in [-0.3, -0.25) is 4.90 Å². The molecule has 1 aliphatic rings. The molecule has 3 heterocycles. The zero-order valence-corrected chi connectivity index (χ0v) is 15.4. The van der Waals surface area contributed by atoms with E-state index in [9.17, 15) is 0 Å². The molecule has 0 spiro atoms. The van der Waals surface area contributed by atoms with E-state index in [2.05, 4.69) is 75.4 Å². The summed E-state index contributed by atoms with van der Waals surface area (Å²) in [6.07, 6.45) is 4.28. The highest BCUT2D eigenvalue weighted by Crippen LogP contribution is 2.33. The van der Waals surface area contributed by atoms with Gasteiger partial charge >= 0.3 is 0 Å². The molecule has 1 aliphatic heterocycles. The van der Waals surface area contributed by atoms with Crippen LogP contribution in [-0.4, -0.2) is 28.1 Å². The van der Waals surface area contributed by atoms with Gasteiger partial charge in [-0.15, -0.1) is 0 Å². The number of likely N-dealkylation sites (N-methyl/N-ethyl adjacent to an activating group) is 1. The minimum absolute atomic E-state index is 0.232. The lowest BCUT2D eigenvalue weighted by Gasteiger charge is -2.34. The first-order valence-electron chi connectivity index (χ1n) is 8.78. The number of rotatable bonds is 4. The van der Waals surface area contributed by atoms with Crippen LogP contribution in [0.2, 0.25) is 0 Å². The van der Waals surface area contributed by atoms with Crippen molar-refractivity contribution in [3.05, 3.63) is 58.7 Å². The number of nitrogens with one attached hydrogen (secondary N) is 1. The molecule has 128 valence electrons. The first-order valence-corrected chi connectivity index (χ1v) is 8.78. The van der Waals surface area contributed by atoms with Crippen molar-refractivity contribution >= 4 is 5.52 Å². The molecule has 0 bridgehead atoms. The number of allylic oxidation sites excluding steroid dienone is 1. The van der Waals surface area contributed by atoms with Crippen LogP contribution in [0.25, 0.3) is 5.52 Å². The second-order valence-electron chi connectivity index (χ2n) is 6.86. The van der Waals surface area contributed by atoms with Crippen LogP contribution in [0.3, 0.4) is 0 Å². The topological polar surface area (TPSA) is 32.6 Å². The zero-order chi connectivity index (χ0) is 17.3. The van der Waals surface area contributed by atoms with Crippen molar-refractivity contribution in [1.29, 1.82) is 0 Å². The largest absolute Gasteiger partial charge is 0.365 e. The Morgan fingerprint density at radius 1 is 1.38 bits per heavy atom. The van der Waals surface area contributed by atoms with Crippen LogP contribution < -0.4 is 5.32 Å². The summed E-state index contributed by atoms with van der Waals surface area (Å²) >= 11 is 0. The van der Waals surface area contributed by atoms with E-state index in [4.69, 9.17) is 5.10 Å². The lowest BCUT2D eigenvalue weighted by molar-refractivity contribution is 0.252. The number of aryl methyl sites for hydroxylation is 1. The smallest absolute Gasteiger partial charge is 0.0849 e. The molecule has 0 radical (unpaired) electrons. The van der Waals surface area contributed by atoms with Gasteiger partial charge in [0.25, 0.3) is 0 Å². The van der Waals surface area contributed by atoms with E-state index >= 15 is 0 Å². The van der Waals surface area contributed by atoms with E-state index in [0.717, 1.165) is 30.6 Å². The van der Waals surface area contributed by atoms with Gasteiger partial charge < -0.3 is 5.32 Å². The molecule has 4 heteroatoms. The van der Waals surface area contributed by atoms with Gasteiger partial charge in [-0.2, -0.15) is 5.10 Å². The molecule has 4 nitrogen and oxygen atoms in total. The minimum Gasteiger partial charge on any atom is -0.365 e. The molecule has 0 aromatic carbocycles. The van der Waals surface area contributed by atoms with Crippen LogP contribution >= 0.6 is 0 Å². The van der Waals surface area contributed by atoms with E-state index in [1.54, 1.807) is 0 Å². The van der Waals surface area contributed by atoms with Gasteiger partial charge in [0, 0.05) is 24.4 Å². The highest BCUT2D eigenvalue weighted by atomic mass is 15.3. The monoisotopic (exact) mass is 324 g/mol. The maximum atomic E-state index is 4.88. The number of pyridine rings is 1. The predicted octanol–water partition coefficient (Wildman–Crippen LogP) is 4.20. The van der Waals surface area contributed by atoms with E-state index < -0.39 is 0 Å². The van der Waals surface area contributed by atoms with Gasteiger partial charge in [0.1, 0.15) is 0 Å². The van der Waals surface area contributed by atoms with Crippen molar-refractivity contribution in [1.82, 2.24) is 19.8 Å². The van der Waals surface area contributed by atoms with Crippen LogP contribution in [0.1, 0.15) is 51.0 Å². The van der Waals surface area contributed by atoms with Crippen LogP contribution in [0.15, 0.2) is 47.3 Å². The first kappa shape index (κ1) is 16.8. The van der Waals surface area contributed by atoms with Gasteiger partial charge in [-0.05, 0) is 64.2 Å². The number of aromatic nitrogens is 2. The number of hydrogen-bond acceptors (Lipinski definition) is 3. The van der Waals surface area contributed by atoms with Crippen molar-refractivity contribution in [2.45, 2.75) is 46.6 Å².